The molecule has 17 heavy (non-hydrogen) atoms. The lowest BCUT2D eigenvalue weighted by Crippen LogP contribution is -2.22. The Bertz CT molecular complexity index is 488. The number of hydrogen-bond donors (Lipinski definition) is 1. The summed E-state index contributed by atoms with van der Waals surface area (Å²) in [6.45, 7) is 2.61. The molecule has 0 atom stereocenters. The van der Waals surface area contributed by atoms with Gasteiger partial charge in [-0.25, -0.2) is 0 Å². The molecule has 0 saturated heterocycles. The highest BCUT2D eigenvalue weighted by Crippen LogP contribution is 2.03. The third-order valence-electron chi connectivity index (χ3n) is 2.61. The molecule has 0 aliphatic carbocycles. The highest BCUT2D eigenvalue weighted by molar-refractivity contribution is 5.94. The van der Waals surface area contributed by atoms with Crippen molar-refractivity contribution in [2.75, 3.05) is 0 Å². The van der Waals surface area contributed by atoms with E-state index < -0.39 is 0 Å². The highest BCUT2D eigenvalue weighted by Gasteiger charge is 2.03. The Morgan fingerprint density at radius 2 is 1.65 bits per heavy atom. The fraction of sp³-hybridized carbons (Fsp3) is 0.133. The lowest BCUT2D eigenvalue weighted by molar-refractivity contribution is 0.0951. The van der Waals surface area contributed by atoms with Crippen molar-refractivity contribution in [2.24, 2.45) is 0 Å². The summed E-state index contributed by atoms with van der Waals surface area (Å²) in [7, 11) is 0. The number of benzene rings is 2. The molecule has 1 amide bonds. The van der Waals surface area contributed by atoms with Crippen LogP contribution < -0.4 is 5.32 Å². The minimum atomic E-state index is -0.0359. The predicted molar refractivity (Wildman–Crippen MR) is 68.8 cm³/mol. The summed E-state index contributed by atoms with van der Waals surface area (Å²) < 4.78 is 0. The van der Waals surface area contributed by atoms with Gasteiger partial charge in [0.15, 0.2) is 0 Å². The largest absolute Gasteiger partial charge is 0.348 e. The minimum absolute atomic E-state index is 0.0359. The van der Waals surface area contributed by atoms with Gasteiger partial charge < -0.3 is 5.32 Å². The smallest absolute Gasteiger partial charge is 0.251 e. The van der Waals surface area contributed by atoms with E-state index >= 15 is 0 Å². The van der Waals surface area contributed by atoms with Crippen LogP contribution >= 0.6 is 0 Å². The van der Waals surface area contributed by atoms with E-state index in [1.54, 1.807) is 0 Å². The summed E-state index contributed by atoms with van der Waals surface area (Å²) in [6.07, 6.45) is 0. The van der Waals surface area contributed by atoms with Crippen LogP contribution in [0.4, 0.5) is 0 Å². The molecule has 0 unspecified atom stereocenters. The maximum absolute atomic E-state index is 11.8. The van der Waals surface area contributed by atoms with Gasteiger partial charge in [-0.2, -0.15) is 0 Å². The SMILES string of the molecule is Cc1ccc(CNC(=O)c2ccccc2)cc1. The maximum atomic E-state index is 11.8. The van der Waals surface area contributed by atoms with E-state index in [0.29, 0.717) is 12.1 Å². The summed E-state index contributed by atoms with van der Waals surface area (Å²) in [4.78, 5) is 11.8. The van der Waals surface area contributed by atoms with Crippen molar-refractivity contribution < 1.29 is 4.79 Å². The summed E-state index contributed by atoms with van der Waals surface area (Å²) in [5.41, 5.74) is 3.03. The van der Waals surface area contributed by atoms with Crippen LogP contribution in [0.1, 0.15) is 21.5 Å². The van der Waals surface area contributed by atoms with E-state index in [1.807, 2.05) is 61.5 Å². The third-order valence-corrected chi connectivity index (χ3v) is 2.61. The van der Waals surface area contributed by atoms with Gasteiger partial charge in [-0.05, 0) is 24.6 Å². The van der Waals surface area contributed by atoms with E-state index in [2.05, 4.69) is 5.32 Å². The Labute approximate surface area is 101 Å². The fourth-order valence-corrected chi connectivity index (χ4v) is 1.58. The second-order valence-corrected chi connectivity index (χ2v) is 4.03. The molecule has 2 nitrogen and oxygen atoms in total. The molecule has 2 aromatic rings. The van der Waals surface area contributed by atoms with E-state index in [0.717, 1.165) is 5.56 Å². The predicted octanol–water partition coefficient (Wildman–Crippen LogP) is 2.93. The Morgan fingerprint density at radius 3 is 2.29 bits per heavy atom. The van der Waals surface area contributed by atoms with Gasteiger partial charge in [0.2, 0.25) is 0 Å². The molecule has 0 saturated carbocycles. The maximum Gasteiger partial charge on any atom is 0.251 e. The quantitative estimate of drug-likeness (QED) is 0.855. The molecule has 86 valence electrons. The lowest BCUT2D eigenvalue weighted by atomic mass is 10.1. The van der Waals surface area contributed by atoms with Crippen LogP contribution in [0.5, 0.6) is 0 Å². The first-order valence-electron chi connectivity index (χ1n) is 5.64. The molecule has 0 radical (unpaired) electrons. The molecule has 0 fully saturated rings. The molecule has 0 spiro atoms. The Morgan fingerprint density at radius 1 is 1.00 bits per heavy atom. The Balaban J connectivity index is 1.95. The minimum Gasteiger partial charge on any atom is -0.348 e. The third kappa shape index (κ3) is 3.18. The zero-order valence-electron chi connectivity index (χ0n) is 9.81. The van der Waals surface area contributed by atoms with Crippen LogP contribution in [0, 0.1) is 6.92 Å². The summed E-state index contributed by atoms with van der Waals surface area (Å²) in [5, 5.41) is 2.90. The lowest BCUT2D eigenvalue weighted by Gasteiger charge is -2.05. The first kappa shape index (κ1) is 11.4. The number of hydrogen-bond acceptors (Lipinski definition) is 1. The van der Waals surface area contributed by atoms with Crippen LogP contribution in [0.2, 0.25) is 0 Å². The molecular formula is C15H15NO. The van der Waals surface area contributed by atoms with Crippen LogP contribution in [-0.2, 0) is 6.54 Å². The number of aryl methyl sites for hydroxylation is 1. The van der Waals surface area contributed by atoms with Gasteiger partial charge in [0.1, 0.15) is 0 Å². The van der Waals surface area contributed by atoms with Gasteiger partial charge in [0.05, 0.1) is 0 Å². The van der Waals surface area contributed by atoms with Crippen molar-refractivity contribution in [1.29, 1.82) is 0 Å². The van der Waals surface area contributed by atoms with E-state index in [-0.39, 0.29) is 5.91 Å². The van der Waals surface area contributed by atoms with Crippen molar-refractivity contribution in [3.8, 4) is 0 Å². The van der Waals surface area contributed by atoms with Gasteiger partial charge in [0, 0.05) is 12.1 Å². The van der Waals surface area contributed by atoms with Crippen LogP contribution in [0.15, 0.2) is 54.6 Å². The van der Waals surface area contributed by atoms with E-state index in [9.17, 15) is 4.79 Å². The topological polar surface area (TPSA) is 29.1 Å². The molecule has 2 rings (SSSR count). The van der Waals surface area contributed by atoms with Gasteiger partial charge in [-0.1, -0.05) is 48.0 Å². The standard InChI is InChI=1S/C15H15NO/c1-12-7-9-13(10-8-12)11-16-15(17)14-5-3-2-4-6-14/h2-10H,11H2,1H3,(H,16,17). The van der Waals surface area contributed by atoms with Crippen LogP contribution in [0.3, 0.4) is 0 Å². The zero-order valence-corrected chi connectivity index (χ0v) is 9.81. The molecule has 2 heteroatoms. The first-order valence-corrected chi connectivity index (χ1v) is 5.64. The molecule has 0 heterocycles. The molecule has 1 N–H and O–H groups in total. The molecule has 0 aliphatic rings. The average Bonchev–Trinajstić information content (AvgIpc) is 2.39. The number of carbonyl (C=O) groups excluding carboxylic acids is 1. The second-order valence-electron chi connectivity index (χ2n) is 4.03. The fourth-order valence-electron chi connectivity index (χ4n) is 1.58. The molecule has 0 bridgehead atoms. The van der Waals surface area contributed by atoms with Gasteiger partial charge in [-0.3, -0.25) is 4.79 Å². The van der Waals surface area contributed by atoms with E-state index in [1.165, 1.54) is 5.56 Å². The van der Waals surface area contributed by atoms with Crippen molar-refractivity contribution in [1.82, 2.24) is 5.32 Å². The van der Waals surface area contributed by atoms with E-state index in [4.69, 9.17) is 0 Å². The molecular weight excluding hydrogens is 210 g/mol. The second kappa shape index (κ2) is 5.30. The van der Waals surface area contributed by atoms with Crippen LogP contribution in [-0.4, -0.2) is 5.91 Å². The Hall–Kier alpha value is -2.09. The number of carbonyl (C=O) groups is 1. The highest BCUT2D eigenvalue weighted by atomic mass is 16.1. The van der Waals surface area contributed by atoms with Gasteiger partial charge in [0.25, 0.3) is 5.91 Å². The van der Waals surface area contributed by atoms with Crippen LogP contribution in [0.25, 0.3) is 0 Å². The average molecular weight is 225 g/mol. The van der Waals surface area contributed by atoms with Gasteiger partial charge >= 0.3 is 0 Å². The number of rotatable bonds is 3. The summed E-state index contributed by atoms with van der Waals surface area (Å²) in [6, 6.07) is 17.4. The Kier molecular flexibility index (Phi) is 3.55. The van der Waals surface area contributed by atoms with Crippen molar-refractivity contribution in [2.45, 2.75) is 13.5 Å². The normalized spacial score (nSPS) is 9.94. The number of amides is 1. The summed E-state index contributed by atoms with van der Waals surface area (Å²) in [5.74, 6) is -0.0359. The molecule has 0 aliphatic heterocycles. The van der Waals surface area contributed by atoms with Crippen molar-refractivity contribution in [3.05, 3.63) is 71.3 Å². The first-order chi connectivity index (χ1) is 8.25. The van der Waals surface area contributed by atoms with Crippen molar-refractivity contribution in [3.63, 3.8) is 0 Å². The van der Waals surface area contributed by atoms with Gasteiger partial charge in [-0.15, -0.1) is 0 Å². The monoisotopic (exact) mass is 225 g/mol. The molecule has 0 aromatic heterocycles. The van der Waals surface area contributed by atoms with Crippen molar-refractivity contribution >= 4 is 5.91 Å². The molecule has 2 aromatic carbocycles. The summed E-state index contributed by atoms with van der Waals surface area (Å²) >= 11 is 0. The number of nitrogens with one attached hydrogen (secondary N) is 1. The zero-order chi connectivity index (χ0) is 12.1.